The van der Waals surface area contributed by atoms with Crippen LogP contribution in [-0.4, -0.2) is 43.5 Å². The first kappa shape index (κ1) is 19.4. The molecule has 0 unspecified atom stereocenters. The third kappa shape index (κ3) is 5.32. The topological polar surface area (TPSA) is 48.7 Å². The van der Waals surface area contributed by atoms with E-state index in [0.717, 1.165) is 37.6 Å². The molecule has 5 nitrogen and oxygen atoms in total. The number of furan rings is 1. The zero-order valence-electron chi connectivity index (χ0n) is 16.0. The second-order valence-corrected chi connectivity index (χ2v) is 7.43. The fraction of sp³-hybridized carbons (Fsp3) is 0.476. The number of nitrogens with one attached hydrogen (secondary N) is 1. The summed E-state index contributed by atoms with van der Waals surface area (Å²) in [7, 11) is 0. The van der Waals surface area contributed by atoms with E-state index in [2.05, 4.69) is 15.1 Å². The lowest BCUT2D eigenvalue weighted by atomic mass is 10.1. The van der Waals surface area contributed by atoms with Gasteiger partial charge in [-0.3, -0.25) is 9.69 Å². The number of piperazine rings is 1. The lowest BCUT2D eigenvalue weighted by Gasteiger charge is -2.39. The second-order valence-electron chi connectivity index (χ2n) is 7.43. The van der Waals surface area contributed by atoms with E-state index in [0.29, 0.717) is 18.9 Å². The largest absolute Gasteiger partial charge is 0.468 e. The van der Waals surface area contributed by atoms with Crippen molar-refractivity contribution >= 4 is 11.6 Å². The van der Waals surface area contributed by atoms with Crippen molar-refractivity contribution in [2.24, 2.45) is 5.92 Å². The normalized spacial score (nSPS) is 16.5. The summed E-state index contributed by atoms with van der Waals surface area (Å²) in [5.41, 5.74) is 1.04. The van der Waals surface area contributed by atoms with Gasteiger partial charge in [0.1, 0.15) is 11.6 Å². The van der Waals surface area contributed by atoms with Gasteiger partial charge in [-0.25, -0.2) is 4.39 Å². The van der Waals surface area contributed by atoms with Crippen LogP contribution in [0, 0.1) is 11.7 Å². The number of hydrogen-bond acceptors (Lipinski definition) is 4. The minimum absolute atomic E-state index is 0.0199. The molecule has 0 spiro atoms. The highest BCUT2D eigenvalue weighted by Gasteiger charge is 2.27. The van der Waals surface area contributed by atoms with Crippen LogP contribution < -0.4 is 10.2 Å². The van der Waals surface area contributed by atoms with E-state index in [4.69, 9.17) is 4.42 Å². The highest BCUT2D eigenvalue weighted by atomic mass is 19.1. The molecule has 0 aliphatic carbocycles. The second kappa shape index (κ2) is 9.04. The Morgan fingerprint density at radius 3 is 2.44 bits per heavy atom. The first-order chi connectivity index (χ1) is 13.0. The molecule has 1 atom stereocenters. The van der Waals surface area contributed by atoms with Crippen LogP contribution in [0.25, 0.3) is 0 Å². The van der Waals surface area contributed by atoms with Crippen LogP contribution in [0.2, 0.25) is 0 Å². The molecule has 1 N–H and O–H groups in total. The molecule has 1 saturated heterocycles. The highest BCUT2D eigenvalue weighted by molar-refractivity contribution is 5.76. The molecule has 1 aliphatic rings. The third-order valence-electron chi connectivity index (χ3n) is 4.90. The molecule has 1 aromatic carbocycles. The maximum absolute atomic E-state index is 13.1. The van der Waals surface area contributed by atoms with Crippen molar-refractivity contribution in [3.05, 3.63) is 54.2 Å². The average molecular weight is 373 g/mol. The van der Waals surface area contributed by atoms with E-state index in [1.165, 1.54) is 12.1 Å². The Morgan fingerprint density at radius 1 is 1.15 bits per heavy atom. The van der Waals surface area contributed by atoms with E-state index in [1.807, 2.05) is 38.1 Å². The van der Waals surface area contributed by atoms with Gasteiger partial charge in [0.05, 0.1) is 12.3 Å². The molecule has 2 aromatic rings. The molecule has 27 heavy (non-hydrogen) atoms. The van der Waals surface area contributed by atoms with Crippen LogP contribution in [-0.2, 0) is 4.79 Å². The van der Waals surface area contributed by atoms with Crippen molar-refractivity contribution < 1.29 is 13.6 Å². The van der Waals surface area contributed by atoms with Crippen LogP contribution in [0.1, 0.15) is 32.1 Å². The predicted molar refractivity (Wildman–Crippen MR) is 104 cm³/mol. The van der Waals surface area contributed by atoms with Gasteiger partial charge in [0.15, 0.2) is 0 Å². The third-order valence-corrected chi connectivity index (χ3v) is 4.90. The van der Waals surface area contributed by atoms with E-state index < -0.39 is 0 Å². The highest BCUT2D eigenvalue weighted by Crippen LogP contribution is 2.24. The SMILES string of the molecule is CC(C)CC(=O)NC[C@H](c1ccco1)N1CCN(c2ccc(F)cc2)CC1. The molecular weight excluding hydrogens is 345 g/mol. The summed E-state index contributed by atoms with van der Waals surface area (Å²) in [5, 5.41) is 3.05. The summed E-state index contributed by atoms with van der Waals surface area (Å²) in [6, 6.07) is 10.5. The monoisotopic (exact) mass is 373 g/mol. The van der Waals surface area contributed by atoms with E-state index in [-0.39, 0.29) is 17.8 Å². The van der Waals surface area contributed by atoms with Gasteiger partial charge in [-0.2, -0.15) is 0 Å². The number of amides is 1. The lowest BCUT2D eigenvalue weighted by molar-refractivity contribution is -0.122. The Morgan fingerprint density at radius 2 is 1.85 bits per heavy atom. The van der Waals surface area contributed by atoms with Crippen molar-refractivity contribution in [3.8, 4) is 0 Å². The van der Waals surface area contributed by atoms with Crippen molar-refractivity contribution in [2.45, 2.75) is 26.3 Å². The number of nitrogens with zero attached hydrogens (tertiary/aromatic N) is 2. The Kier molecular flexibility index (Phi) is 6.50. The molecule has 0 saturated carbocycles. The molecule has 6 heteroatoms. The van der Waals surface area contributed by atoms with Gasteiger partial charge >= 0.3 is 0 Å². The number of halogens is 1. The number of carbonyl (C=O) groups excluding carboxylic acids is 1. The molecule has 0 radical (unpaired) electrons. The summed E-state index contributed by atoms with van der Waals surface area (Å²) in [4.78, 5) is 16.7. The summed E-state index contributed by atoms with van der Waals surface area (Å²) in [6.07, 6.45) is 2.20. The zero-order valence-corrected chi connectivity index (χ0v) is 16.0. The predicted octanol–water partition coefficient (Wildman–Crippen LogP) is 3.44. The Balaban J connectivity index is 1.60. The summed E-state index contributed by atoms with van der Waals surface area (Å²) >= 11 is 0. The van der Waals surface area contributed by atoms with Crippen LogP contribution in [0.5, 0.6) is 0 Å². The van der Waals surface area contributed by atoms with Gasteiger partial charge in [0.2, 0.25) is 5.91 Å². The van der Waals surface area contributed by atoms with Gasteiger partial charge in [-0.15, -0.1) is 0 Å². The number of anilines is 1. The quantitative estimate of drug-likeness (QED) is 0.808. The smallest absolute Gasteiger partial charge is 0.220 e. The van der Waals surface area contributed by atoms with Gasteiger partial charge in [0.25, 0.3) is 0 Å². The maximum Gasteiger partial charge on any atom is 0.220 e. The first-order valence-corrected chi connectivity index (χ1v) is 9.57. The van der Waals surface area contributed by atoms with E-state index in [1.54, 1.807) is 6.26 Å². The van der Waals surface area contributed by atoms with Gasteiger partial charge in [-0.1, -0.05) is 13.8 Å². The van der Waals surface area contributed by atoms with Gasteiger partial charge in [-0.05, 0) is 42.3 Å². The van der Waals surface area contributed by atoms with E-state index >= 15 is 0 Å². The zero-order chi connectivity index (χ0) is 19.2. The van der Waals surface area contributed by atoms with E-state index in [9.17, 15) is 9.18 Å². The van der Waals surface area contributed by atoms with Crippen molar-refractivity contribution in [3.63, 3.8) is 0 Å². The van der Waals surface area contributed by atoms with Gasteiger partial charge < -0.3 is 14.6 Å². The molecule has 1 aromatic heterocycles. The molecule has 1 fully saturated rings. The van der Waals surface area contributed by atoms with Crippen LogP contribution in [0.15, 0.2) is 47.1 Å². The molecule has 2 heterocycles. The standard InChI is InChI=1S/C21H28FN3O2/c1-16(2)14-21(26)23-15-19(20-4-3-13-27-20)25-11-9-24(10-12-25)18-7-5-17(22)6-8-18/h3-8,13,16,19H,9-12,14-15H2,1-2H3,(H,23,26)/t19-/m1/s1. The Bertz CT molecular complexity index is 708. The summed E-state index contributed by atoms with van der Waals surface area (Å²) < 4.78 is 18.8. The molecule has 1 aliphatic heterocycles. The van der Waals surface area contributed by atoms with Crippen molar-refractivity contribution in [1.29, 1.82) is 0 Å². The minimum Gasteiger partial charge on any atom is -0.468 e. The average Bonchev–Trinajstić information content (AvgIpc) is 3.17. The number of carbonyl (C=O) groups is 1. The summed E-state index contributed by atoms with van der Waals surface area (Å²) in [6.45, 7) is 8.02. The van der Waals surface area contributed by atoms with Crippen LogP contribution >= 0.6 is 0 Å². The molecule has 146 valence electrons. The minimum atomic E-state index is -0.215. The molecule has 1 amide bonds. The van der Waals surface area contributed by atoms with Gasteiger partial charge in [0, 0.05) is 44.8 Å². The van der Waals surface area contributed by atoms with Crippen LogP contribution in [0.4, 0.5) is 10.1 Å². The Hall–Kier alpha value is -2.34. The summed E-state index contributed by atoms with van der Waals surface area (Å²) in [5.74, 6) is 1.07. The number of benzene rings is 1. The fourth-order valence-corrected chi connectivity index (χ4v) is 3.49. The molecular formula is C21H28FN3O2. The van der Waals surface area contributed by atoms with Crippen LogP contribution in [0.3, 0.4) is 0 Å². The number of rotatable bonds is 7. The lowest BCUT2D eigenvalue weighted by Crippen LogP contribution is -2.49. The Labute approximate surface area is 160 Å². The molecule has 0 bridgehead atoms. The molecule has 3 rings (SSSR count). The fourth-order valence-electron chi connectivity index (χ4n) is 3.49. The number of hydrogen-bond donors (Lipinski definition) is 1. The first-order valence-electron chi connectivity index (χ1n) is 9.57. The van der Waals surface area contributed by atoms with Crippen molar-refractivity contribution in [2.75, 3.05) is 37.6 Å². The van der Waals surface area contributed by atoms with Crippen molar-refractivity contribution in [1.82, 2.24) is 10.2 Å². The maximum atomic E-state index is 13.1.